The van der Waals surface area contributed by atoms with E-state index >= 15 is 0 Å². The molecule has 1 aliphatic heterocycles. The van der Waals surface area contributed by atoms with Crippen molar-refractivity contribution in [3.05, 3.63) is 41.5 Å². The zero-order valence-electron chi connectivity index (χ0n) is 16.0. The quantitative estimate of drug-likeness (QED) is 0.763. The molecule has 27 heavy (non-hydrogen) atoms. The number of hydrogen-bond donors (Lipinski definition) is 2. The summed E-state index contributed by atoms with van der Waals surface area (Å²) in [5, 5.41) is 12.7. The molecule has 0 radical (unpaired) electrons. The predicted octanol–water partition coefficient (Wildman–Crippen LogP) is 1.69. The number of carbonyl (C=O) groups excluding carboxylic acids is 2. The van der Waals surface area contributed by atoms with Crippen LogP contribution in [0.1, 0.15) is 43.2 Å². The Balaban J connectivity index is 1.77. The molecule has 3 rings (SSSR count). The van der Waals surface area contributed by atoms with Gasteiger partial charge in [-0.3, -0.25) is 9.59 Å². The van der Waals surface area contributed by atoms with Crippen LogP contribution in [0.3, 0.4) is 0 Å². The van der Waals surface area contributed by atoms with Crippen LogP contribution in [0.4, 0.5) is 0 Å². The van der Waals surface area contributed by atoms with Crippen molar-refractivity contribution in [3.8, 4) is 0 Å². The van der Waals surface area contributed by atoms with Crippen molar-refractivity contribution in [3.63, 3.8) is 0 Å². The summed E-state index contributed by atoms with van der Waals surface area (Å²) in [6.45, 7) is 1.73. The lowest BCUT2D eigenvalue weighted by Crippen LogP contribution is -2.68. The highest BCUT2D eigenvalue weighted by Gasteiger charge is 2.49. The second kappa shape index (κ2) is 8.67. The number of methoxy groups -OCH3 is 1. The van der Waals surface area contributed by atoms with Gasteiger partial charge in [-0.15, -0.1) is 0 Å². The van der Waals surface area contributed by atoms with Gasteiger partial charge in [-0.2, -0.15) is 0 Å². The molecule has 6 heteroatoms. The molecular weight excluding hydrogens is 344 g/mol. The Morgan fingerprint density at radius 1 is 1.26 bits per heavy atom. The second-order valence-corrected chi connectivity index (χ2v) is 7.25. The van der Waals surface area contributed by atoms with Crippen LogP contribution in [0.15, 0.2) is 30.3 Å². The number of ether oxygens (including phenoxy) is 1. The summed E-state index contributed by atoms with van der Waals surface area (Å²) in [5.74, 6) is -0.312. The van der Waals surface area contributed by atoms with Crippen molar-refractivity contribution in [1.82, 2.24) is 10.2 Å². The molecule has 1 fully saturated rings. The molecule has 0 aromatic heterocycles. The van der Waals surface area contributed by atoms with Crippen LogP contribution in [-0.2, 0) is 14.3 Å². The topological polar surface area (TPSA) is 78.9 Å². The third-order valence-electron chi connectivity index (χ3n) is 5.59. The van der Waals surface area contributed by atoms with Gasteiger partial charge in [-0.1, -0.05) is 30.3 Å². The molecule has 1 aromatic rings. The molecule has 2 aliphatic rings. The molecule has 0 bridgehead atoms. The van der Waals surface area contributed by atoms with Gasteiger partial charge in [-0.25, -0.2) is 0 Å². The fourth-order valence-electron chi connectivity index (χ4n) is 4.34. The minimum absolute atomic E-state index is 0.00616. The molecule has 6 nitrogen and oxygen atoms in total. The summed E-state index contributed by atoms with van der Waals surface area (Å²) in [5.41, 5.74) is 3.71. The van der Waals surface area contributed by atoms with Crippen molar-refractivity contribution in [1.29, 1.82) is 0 Å². The first-order chi connectivity index (χ1) is 13.1. The van der Waals surface area contributed by atoms with Crippen LogP contribution in [0.5, 0.6) is 0 Å². The lowest BCUT2D eigenvalue weighted by Gasteiger charge is -2.54. The summed E-state index contributed by atoms with van der Waals surface area (Å²) in [6, 6.07) is 7.99. The number of nitrogens with zero attached hydrogens (tertiary/aromatic N) is 1. The number of allylic oxidation sites excluding steroid dienone is 2. The van der Waals surface area contributed by atoms with E-state index < -0.39 is 0 Å². The van der Waals surface area contributed by atoms with Gasteiger partial charge in [0.25, 0.3) is 0 Å². The van der Waals surface area contributed by atoms with Crippen LogP contribution in [0, 0.1) is 0 Å². The fraction of sp³-hybridized carbons (Fsp3) is 0.524. The zero-order chi connectivity index (χ0) is 19.4. The van der Waals surface area contributed by atoms with Gasteiger partial charge < -0.3 is 20.1 Å². The largest absolute Gasteiger partial charge is 0.394 e. The smallest absolute Gasteiger partial charge is 0.246 e. The van der Waals surface area contributed by atoms with E-state index in [2.05, 4.69) is 35.7 Å². The molecule has 2 amide bonds. The van der Waals surface area contributed by atoms with Gasteiger partial charge >= 0.3 is 0 Å². The van der Waals surface area contributed by atoms with Gasteiger partial charge in [-0.05, 0) is 36.0 Å². The lowest BCUT2D eigenvalue weighted by molar-refractivity contribution is -0.148. The highest BCUT2D eigenvalue weighted by Crippen LogP contribution is 2.41. The number of aliphatic hydroxyl groups excluding tert-OH is 1. The summed E-state index contributed by atoms with van der Waals surface area (Å²) in [6.07, 6.45) is 5.76. The standard InChI is InChI=1S/C21H28N2O4/c1-14(25)23-18(11-22-20(26)13-27-2)21(19(23)12-24)17-9-7-16(8-10-17)15-5-3-4-6-15/h5,7-10,18-19,21,24H,3-4,6,11-13H2,1-2H3,(H,22,26)/t18-,19+,21+/m1/s1. The molecule has 1 heterocycles. The van der Waals surface area contributed by atoms with Gasteiger partial charge in [0.15, 0.2) is 0 Å². The monoisotopic (exact) mass is 372 g/mol. The molecule has 0 spiro atoms. The maximum Gasteiger partial charge on any atom is 0.246 e. The molecule has 1 aliphatic carbocycles. The van der Waals surface area contributed by atoms with Crippen molar-refractivity contribution >= 4 is 17.4 Å². The van der Waals surface area contributed by atoms with Crippen LogP contribution < -0.4 is 5.32 Å². The summed E-state index contributed by atoms with van der Waals surface area (Å²) < 4.78 is 4.84. The SMILES string of the molecule is COCC(=O)NC[C@@H]1[C@H](c2ccc(C3=CCCC3)cc2)[C@H](CO)N1C(C)=O. The number of benzene rings is 1. The minimum Gasteiger partial charge on any atom is -0.394 e. The van der Waals surface area contributed by atoms with Gasteiger partial charge in [0.05, 0.1) is 18.7 Å². The summed E-state index contributed by atoms with van der Waals surface area (Å²) in [7, 11) is 1.47. The Labute approximate surface area is 160 Å². The Hall–Kier alpha value is -2.18. The van der Waals surface area contributed by atoms with E-state index in [4.69, 9.17) is 4.74 Å². The second-order valence-electron chi connectivity index (χ2n) is 7.25. The first kappa shape index (κ1) is 19.6. The lowest BCUT2D eigenvalue weighted by atomic mass is 9.74. The molecule has 2 N–H and O–H groups in total. The van der Waals surface area contributed by atoms with E-state index in [0.717, 1.165) is 18.4 Å². The first-order valence-corrected chi connectivity index (χ1v) is 9.51. The van der Waals surface area contributed by atoms with Gasteiger partial charge in [0.2, 0.25) is 11.8 Å². The molecule has 0 unspecified atom stereocenters. The average molecular weight is 372 g/mol. The zero-order valence-corrected chi connectivity index (χ0v) is 16.0. The Kier molecular flexibility index (Phi) is 6.29. The maximum atomic E-state index is 12.1. The third-order valence-corrected chi connectivity index (χ3v) is 5.59. The molecule has 146 valence electrons. The van der Waals surface area contributed by atoms with Crippen LogP contribution in [0.2, 0.25) is 0 Å². The van der Waals surface area contributed by atoms with E-state index in [-0.39, 0.29) is 43.0 Å². The number of carbonyl (C=O) groups is 2. The number of nitrogens with one attached hydrogen (secondary N) is 1. The molecule has 1 saturated heterocycles. The number of likely N-dealkylation sites (tertiary alicyclic amines) is 1. The molecule has 0 saturated carbocycles. The third kappa shape index (κ3) is 4.06. The van der Waals surface area contributed by atoms with Gasteiger partial charge in [0.1, 0.15) is 6.61 Å². The van der Waals surface area contributed by atoms with Crippen LogP contribution in [0.25, 0.3) is 5.57 Å². The van der Waals surface area contributed by atoms with Crippen molar-refractivity contribution < 1.29 is 19.4 Å². The van der Waals surface area contributed by atoms with Crippen molar-refractivity contribution in [2.45, 2.75) is 44.2 Å². The van der Waals surface area contributed by atoms with Crippen molar-refractivity contribution in [2.24, 2.45) is 0 Å². The number of hydrogen-bond acceptors (Lipinski definition) is 4. The Morgan fingerprint density at radius 3 is 2.56 bits per heavy atom. The molecular formula is C21H28N2O4. The highest BCUT2D eigenvalue weighted by atomic mass is 16.5. The highest BCUT2D eigenvalue weighted by molar-refractivity contribution is 5.78. The van der Waals surface area contributed by atoms with Crippen molar-refractivity contribution in [2.75, 3.05) is 26.9 Å². The normalized spacial score (nSPS) is 24.3. The van der Waals surface area contributed by atoms with E-state index in [1.807, 2.05) is 0 Å². The van der Waals surface area contributed by atoms with E-state index in [1.165, 1.54) is 31.6 Å². The Morgan fingerprint density at radius 2 is 2.00 bits per heavy atom. The van der Waals surface area contributed by atoms with E-state index in [1.54, 1.807) is 4.90 Å². The van der Waals surface area contributed by atoms with Crippen LogP contribution >= 0.6 is 0 Å². The number of amides is 2. The molecule has 3 atom stereocenters. The first-order valence-electron chi connectivity index (χ1n) is 9.51. The van der Waals surface area contributed by atoms with E-state index in [0.29, 0.717) is 6.54 Å². The summed E-state index contributed by atoms with van der Waals surface area (Å²) in [4.78, 5) is 25.5. The Bertz CT molecular complexity index is 713. The maximum absolute atomic E-state index is 12.1. The number of rotatable bonds is 7. The van der Waals surface area contributed by atoms with E-state index in [9.17, 15) is 14.7 Å². The van der Waals surface area contributed by atoms with Crippen LogP contribution in [-0.4, -0.2) is 60.8 Å². The summed E-state index contributed by atoms with van der Waals surface area (Å²) >= 11 is 0. The number of aliphatic hydroxyl groups is 1. The minimum atomic E-state index is -0.261. The predicted molar refractivity (Wildman–Crippen MR) is 103 cm³/mol. The fourth-order valence-corrected chi connectivity index (χ4v) is 4.34. The molecule has 1 aromatic carbocycles. The van der Waals surface area contributed by atoms with Gasteiger partial charge in [0, 0.05) is 26.5 Å². The average Bonchev–Trinajstić information content (AvgIpc) is 3.16.